The second kappa shape index (κ2) is 5.15. The van der Waals surface area contributed by atoms with E-state index < -0.39 is 14.9 Å². The zero-order chi connectivity index (χ0) is 13.9. The first-order valence-electron chi connectivity index (χ1n) is 6.10. The maximum Gasteiger partial charge on any atom is 0.279 e. The van der Waals surface area contributed by atoms with Gasteiger partial charge in [-0.1, -0.05) is 67.6 Å². The third-order valence-electron chi connectivity index (χ3n) is 3.42. The van der Waals surface area contributed by atoms with Crippen molar-refractivity contribution in [2.45, 2.75) is 18.1 Å². The molecule has 0 radical (unpaired) electrons. The van der Waals surface area contributed by atoms with E-state index in [0.29, 0.717) is 11.1 Å². The molecule has 3 nitrogen and oxygen atoms in total. The van der Waals surface area contributed by atoms with E-state index >= 15 is 0 Å². The van der Waals surface area contributed by atoms with Crippen molar-refractivity contribution in [3.8, 4) is 0 Å². The quantitative estimate of drug-likeness (QED) is 0.872. The van der Waals surface area contributed by atoms with E-state index in [2.05, 4.69) is 0 Å². The standard InChI is InChI=1S/C15H16O3S/c1-2-15(19(16,17)18,13-9-5-3-6-10-13)14-11-7-4-8-12-14/h3-12H,2H2,1H3,(H,16,17,18). The maximum absolute atomic E-state index is 12.0. The molecule has 0 saturated carbocycles. The van der Waals surface area contributed by atoms with Gasteiger partial charge in [-0.25, -0.2) is 0 Å². The van der Waals surface area contributed by atoms with Crippen molar-refractivity contribution in [3.63, 3.8) is 0 Å². The molecule has 19 heavy (non-hydrogen) atoms. The molecular weight excluding hydrogens is 260 g/mol. The molecule has 0 fully saturated rings. The van der Waals surface area contributed by atoms with Gasteiger partial charge in [0.1, 0.15) is 4.75 Å². The molecule has 0 atom stereocenters. The second-order valence-electron chi connectivity index (χ2n) is 4.39. The minimum atomic E-state index is -4.28. The predicted molar refractivity (Wildman–Crippen MR) is 75.5 cm³/mol. The minimum absolute atomic E-state index is 0.264. The van der Waals surface area contributed by atoms with Crippen LogP contribution in [0.25, 0.3) is 0 Å². The van der Waals surface area contributed by atoms with Crippen molar-refractivity contribution in [3.05, 3.63) is 71.8 Å². The Morgan fingerprint density at radius 1 is 0.895 bits per heavy atom. The molecular formula is C15H16O3S. The zero-order valence-corrected chi connectivity index (χ0v) is 11.5. The van der Waals surface area contributed by atoms with Gasteiger partial charge in [0.05, 0.1) is 0 Å². The van der Waals surface area contributed by atoms with E-state index in [9.17, 15) is 13.0 Å². The summed E-state index contributed by atoms with van der Waals surface area (Å²) < 4.78 is 32.5. The van der Waals surface area contributed by atoms with Gasteiger partial charge in [-0.05, 0) is 17.5 Å². The molecule has 2 rings (SSSR count). The van der Waals surface area contributed by atoms with E-state index in [1.54, 1.807) is 55.5 Å². The lowest BCUT2D eigenvalue weighted by Gasteiger charge is -2.30. The van der Waals surface area contributed by atoms with Crippen LogP contribution in [0.15, 0.2) is 60.7 Å². The normalized spacial score (nSPS) is 12.3. The van der Waals surface area contributed by atoms with E-state index in [0.717, 1.165) is 0 Å². The third kappa shape index (κ3) is 2.29. The lowest BCUT2D eigenvalue weighted by Crippen LogP contribution is -2.36. The van der Waals surface area contributed by atoms with Crippen molar-refractivity contribution in [2.75, 3.05) is 0 Å². The van der Waals surface area contributed by atoms with Crippen LogP contribution in [-0.2, 0) is 14.9 Å². The van der Waals surface area contributed by atoms with Gasteiger partial charge < -0.3 is 0 Å². The molecule has 4 heteroatoms. The van der Waals surface area contributed by atoms with Crippen molar-refractivity contribution in [2.24, 2.45) is 0 Å². The molecule has 0 aliphatic rings. The summed E-state index contributed by atoms with van der Waals surface area (Å²) in [6, 6.07) is 17.6. The average molecular weight is 276 g/mol. The molecule has 0 amide bonds. The molecule has 0 heterocycles. The monoisotopic (exact) mass is 276 g/mol. The Kier molecular flexibility index (Phi) is 3.73. The molecule has 1 N–H and O–H groups in total. The fourth-order valence-corrected chi connectivity index (χ4v) is 3.70. The van der Waals surface area contributed by atoms with Gasteiger partial charge >= 0.3 is 0 Å². The summed E-state index contributed by atoms with van der Waals surface area (Å²) in [5.74, 6) is 0. The Morgan fingerprint density at radius 2 is 1.26 bits per heavy atom. The van der Waals surface area contributed by atoms with Crippen LogP contribution in [0.5, 0.6) is 0 Å². The molecule has 2 aromatic rings. The summed E-state index contributed by atoms with van der Waals surface area (Å²) in [6.07, 6.45) is 0.264. The fraction of sp³-hybridized carbons (Fsp3) is 0.200. The van der Waals surface area contributed by atoms with Crippen LogP contribution in [0.2, 0.25) is 0 Å². The van der Waals surface area contributed by atoms with Crippen LogP contribution in [-0.4, -0.2) is 13.0 Å². The van der Waals surface area contributed by atoms with Crippen molar-refractivity contribution < 1.29 is 13.0 Å². The third-order valence-corrected chi connectivity index (χ3v) is 5.06. The van der Waals surface area contributed by atoms with Crippen molar-refractivity contribution in [1.29, 1.82) is 0 Å². The molecule has 0 aliphatic carbocycles. The highest BCUT2D eigenvalue weighted by atomic mass is 32.2. The number of benzene rings is 2. The Hall–Kier alpha value is -1.65. The minimum Gasteiger partial charge on any atom is -0.285 e. The summed E-state index contributed by atoms with van der Waals surface area (Å²) in [4.78, 5) is 0. The summed E-state index contributed by atoms with van der Waals surface area (Å²) in [7, 11) is -4.28. The zero-order valence-electron chi connectivity index (χ0n) is 10.7. The van der Waals surface area contributed by atoms with Crippen LogP contribution in [0.4, 0.5) is 0 Å². The summed E-state index contributed by atoms with van der Waals surface area (Å²) >= 11 is 0. The number of hydrogen-bond acceptors (Lipinski definition) is 2. The van der Waals surface area contributed by atoms with Gasteiger partial charge in [-0.15, -0.1) is 0 Å². The van der Waals surface area contributed by atoms with Crippen molar-refractivity contribution >= 4 is 10.1 Å². The van der Waals surface area contributed by atoms with E-state index in [1.807, 2.05) is 12.1 Å². The second-order valence-corrected chi connectivity index (χ2v) is 6.03. The molecule has 0 unspecified atom stereocenters. The van der Waals surface area contributed by atoms with Gasteiger partial charge in [-0.2, -0.15) is 8.42 Å². The molecule has 100 valence electrons. The first-order valence-corrected chi connectivity index (χ1v) is 7.54. The molecule has 0 saturated heterocycles. The maximum atomic E-state index is 12.0. The van der Waals surface area contributed by atoms with E-state index in [1.165, 1.54) is 0 Å². The van der Waals surface area contributed by atoms with Crippen LogP contribution in [0.1, 0.15) is 24.5 Å². The van der Waals surface area contributed by atoms with Crippen LogP contribution >= 0.6 is 0 Å². The SMILES string of the molecule is CCC(c1ccccc1)(c1ccccc1)S(=O)(=O)O. The number of hydrogen-bond donors (Lipinski definition) is 1. The number of rotatable bonds is 4. The molecule has 0 spiro atoms. The molecule has 0 aromatic heterocycles. The Morgan fingerprint density at radius 3 is 1.53 bits per heavy atom. The van der Waals surface area contributed by atoms with Gasteiger partial charge in [0.15, 0.2) is 0 Å². The lowest BCUT2D eigenvalue weighted by atomic mass is 9.88. The first-order chi connectivity index (χ1) is 9.02. The van der Waals surface area contributed by atoms with E-state index in [4.69, 9.17) is 0 Å². The molecule has 2 aromatic carbocycles. The van der Waals surface area contributed by atoms with Gasteiger partial charge in [-0.3, -0.25) is 4.55 Å². The highest BCUT2D eigenvalue weighted by molar-refractivity contribution is 7.87. The molecule has 0 bridgehead atoms. The smallest absolute Gasteiger partial charge is 0.279 e. The highest BCUT2D eigenvalue weighted by Gasteiger charge is 2.44. The van der Waals surface area contributed by atoms with Crippen LogP contribution < -0.4 is 0 Å². The van der Waals surface area contributed by atoms with Gasteiger partial charge in [0.25, 0.3) is 10.1 Å². The average Bonchev–Trinajstić information content (AvgIpc) is 2.41. The highest BCUT2D eigenvalue weighted by Crippen LogP contribution is 2.39. The van der Waals surface area contributed by atoms with E-state index in [-0.39, 0.29) is 6.42 Å². The van der Waals surface area contributed by atoms with Crippen molar-refractivity contribution in [1.82, 2.24) is 0 Å². The Balaban J connectivity index is 2.78. The van der Waals surface area contributed by atoms with Gasteiger partial charge in [0.2, 0.25) is 0 Å². The lowest BCUT2D eigenvalue weighted by molar-refractivity contribution is 0.441. The summed E-state index contributed by atoms with van der Waals surface area (Å²) in [6.45, 7) is 1.76. The summed E-state index contributed by atoms with van der Waals surface area (Å²) in [5, 5.41) is 0. The van der Waals surface area contributed by atoms with Crippen LogP contribution in [0.3, 0.4) is 0 Å². The fourth-order valence-electron chi connectivity index (χ4n) is 2.47. The first kappa shape index (κ1) is 13.8. The Labute approximate surface area is 113 Å². The van der Waals surface area contributed by atoms with Crippen LogP contribution in [0, 0.1) is 0 Å². The van der Waals surface area contributed by atoms with Gasteiger partial charge in [0, 0.05) is 0 Å². The Bertz CT molecular complexity index is 594. The summed E-state index contributed by atoms with van der Waals surface area (Å²) in [5.41, 5.74) is 1.15. The molecule has 0 aliphatic heterocycles. The topological polar surface area (TPSA) is 54.4 Å². The largest absolute Gasteiger partial charge is 0.285 e. The predicted octanol–water partition coefficient (Wildman–Crippen LogP) is 3.23.